The van der Waals surface area contributed by atoms with Crippen LogP contribution in [-0.4, -0.2) is 29.1 Å². The van der Waals surface area contributed by atoms with Gasteiger partial charge in [-0.2, -0.15) is 0 Å². The first-order valence-electron chi connectivity index (χ1n) is 6.24. The number of carboxylic acid groups (broad SMARTS) is 1. The van der Waals surface area contributed by atoms with Crippen LogP contribution < -0.4 is 10.6 Å². The Morgan fingerprint density at radius 1 is 1.32 bits per heavy atom. The highest BCUT2D eigenvalue weighted by Gasteiger charge is 2.21. The number of hydrogen-bond acceptors (Lipinski definition) is 3. The molecule has 0 saturated heterocycles. The highest BCUT2D eigenvalue weighted by atomic mass is 16.4. The molecular weight excluding hydrogens is 244 g/mol. The van der Waals surface area contributed by atoms with Gasteiger partial charge in [0, 0.05) is 11.7 Å². The smallest absolute Gasteiger partial charge is 0.321 e. The van der Waals surface area contributed by atoms with Crippen molar-refractivity contribution in [2.24, 2.45) is 0 Å². The molecule has 1 aromatic carbocycles. The van der Waals surface area contributed by atoms with Crippen LogP contribution in [-0.2, 0) is 9.59 Å². The largest absolute Gasteiger partial charge is 0.480 e. The molecule has 104 valence electrons. The van der Waals surface area contributed by atoms with Crippen LogP contribution in [0.5, 0.6) is 0 Å². The molecule has 1 atom stereocenters. The number of benzene rings is 1. The Hall–Kier alpha value is -1.88. The predicted molar refractivity (Wildman–Crippen MR) is 74.1 cm³/mol. The molecule has 1 unspecified atom stereocenters. The van der Waals surface area contributed by atoms with Gasteiger partial charge >= 0.3 is 5.97 Å². The average molecular weight is 264 g/mol. The Kier molecular flexibility index (Phi) is 5.51. The van der Waals surface area contributed by atoms with E-state index in [1.165, 1.54) is 0 Å². The van der Waals surface area contributed by atoms with Gasteiger partial charge in [0.05, 0.1) is 6.42 Å². The quantitative estimate of drug-likeness (QED) is 0.731. The van der Waals surface area contributed by atoms with E-state index >= 15 is 0 Å². The molecule has 0 aliphatic heterocycles. The molecule has 0 aliphatic rings. The number of anilines is 1. The standard InChI is InChI=1S/C14H20N2O3/c1-9(2)15-12(14(18)19)8-13(17)16-11-6-4-5-10(3)7-11/h4-7,9,12,15H,8H2,1-3H3,(H,16,17)(H,18,19). The first-order chi connectivity index (χ1) is 8.88. The van der Waals surface area contributed by atoms with Crippen molar-refractivity contribution in [2.45, 2.75) is 39.3 Å². The molecule has 1 aromatic rings. The summed E-state index contributed by atoms with van der Waals surface area (Å²) >= 11 is 0. The second kappa shape index (κ2) is 6.89. The van der Waals surface area contributed by atoms with E-state index in [1.54, 1.807) is 6.07 Å². The zero-order chi connectivity index (χ0) is 14.4. The van der Waals surface area contributed by atoms with Gasteiger partial charge < -0.3 is 15.7 Å². The van der Waals surface area contributed by atoms with E-state index in [1.807, 2.05) is 39.0 Å². The SMILES string of the molecule is Cc1cccc(NC(=O)CC(NC(C)C)C(=O)O)c1. The Labute approximate surface area is 113 Å². The third-order valence-corrected chi connectivity index (χ3v) is 2.52. The number of carboxylic acids is 1. The van der Waals surface area contributed by atoms with E-state index in [-0.39, 0.29) is 18.4 Å². The summed E-state index contributed by atoms with van der Waals surface area (Å²) in [5.74, 6) is -1.33. The van der Waals surface area contributed by atoms with Gasteiger partial charge in [-0.25, -0.2) is 0 Å². The molecule has 5 nitrogen and oxygen atoms in total. The lowest BCUT2D eigenvalue weighted by Gasteiger charge is -2.16. The van der Waals surface area contributed by atoms with E-state index in [0.29, 0.717) is 5.69 Å². The molecule has 1 amide bonds. The molecule has 0 fully saturated rings. The number of carbonyl (C=O) groups is 2. The summed E-state index contributed by atoms with van der Waals surface area (Å²) in [4.78, 5) is 22.8. The maximum Gasteiger partial charge on any atom is 0.321 e. The van der Waals surface area contributed by atoms with E-state index in [9.17, 15) is 9.59 Å². The van der Waals surface area contributed by atoms with E-state index in [4.69, 9.17) is 5.11 Å². The van der Waals surface area contributed by atoms with Crippen LogP contribution in [0.15, 0.2) is 24.3 Å². The number of hydrogen-bond donors (Lipinski definition) is 3. The molecule has 0 saturated carbocycles. The molecule has 0 heterocycles. The zero-order valence-electron chi connectivity index (χ0n) is 11.4. The Morgan fingerprint density at radius 2 is 2.00 bits per heavy atom. The highest BCUT2D eigenvalue weighted by molar-refractivity contribution is 5.94. The fraction of sp³-hybridized carbons (Fsp3) is 0.429. The Balaban J connectivity index is 2.60. The number of amides is 1. The topological polar surface area (TPSA) is 78.4 Å². The summed E-state index contributed by atoms with van der Waals surface area (Å²) in [6.45, 7) is 5.61. The van der Waals surface area contributed by atoms with Crippen LogP contribution in [0.3, 0.4) is 0 Å². The van der Waals surface area contributed by atoms with E-state index in [2.05, 4.69) is 10.6 Å². The molecule has 0 spiro atoms. The number of carbonyl (C=O) groups excluding carboxylic acids is 1. The molecule has 5 heteroatoms. The molecule has 0 aliphatic carbocycles. The van der Waals surface area contributed by atoms with Crippen molar-refractivity contribution in [1.82, 2.24) is 5.32 Å². The van der Waals surface area contributed by atoms with E-state index < -0.39 is 12.0 Å². The summed E-state index contributed by atoms with van der Waals surface area (Å²) in [5, 5.41) is 14.6. The van der Waals surface area contributed by atoms with Gasteiger partial charge in [0.1, 0.15) is 6.04 Å². The highest BCUT2D eigenvalue weighted by Crippen LogP contribution is 2.10. The minimum absolute atomic E-state index is 0.00729. The lowest BCUT2D eigenvalue weighted by Crippen LogP contribution is -2.43. The Bertz CT molecular complexity index is 458. The second-order valence-electron chi connectivity index (χ2n) is 4.83. The van der Waals surface area contributed by atoms with E-state index in [0.717, 1.165) is 5.56 Å². The summed E-state index contributed by atoms with van der Waals surface area (Å²) in [6.07, 6.45) is -0.0958. The van der Waals surface area contributed by atoms with Crippen molar-refractivity contribution in [2.75, 3.05) is 5.32 Å². The van der Waals surface area contributed by atoms with Gasteiger partial charge in [0.15, 0.2) is 0 Å². The fourth-order valence-corrected chi connectivity index (χ4v) is 1.74. The molecule has 0 radical (unpaired) electrons. The molecule has 0 aromatic heterocycles. The van der Waals surface area contributed by atoms with Gasteiger partial charge in [-0.15, -0.1) is 0 Å². The minimum atomic E-state index is -1.02. The van der Waals surface area contributed by atoms with Crippen molar-refractivity contribution in [3.05, 3.63) is 29.8 Å². The summed E-state index contributed by atoms with van der Waals surface area (Å²) in [6, 6.07) is 6.51. The summed E-state index contributed by atoms with van der Waals surface area (Å²) in [7, 11) is 0. The van der Waals surface area contributed by atoms with Crippen LogP contribution in [0.25, 0.3) is 0 Å². The van der Waals surface area contributed by atoms with Crippen molar-refractivity contribution < 1.29 is 14.7 Å². The van der Waals surface area contributed by atoms with Crippen LogP contribution in [0, 0.1) is 6.92 Å². The number of nitrogens with one attached hydrogen (secondary N) is 2. The van der Waals surface area contributed by atoms with Gasteiger partial charge in [-0.3, -0.25) is 9.59 Å². The van der Waals surface area contributed by atoms with Crippen LogP contribution in [0.4, 0.5) is 5.69 Å². The molecule has 3 N–H and O–H groups in total. The van der Waals surface area contributed by atoms with Crippen molar-refractivity contribution >= 4 is 17.6 Å². The first-order valence-corrected chi connectivity index (χ1v) is 6.24. The average Bonchev–Trinajstić information content (AvgIpc) is 2.27. The zero-order valence-corrected chi connectivity index (χ0v) is 11.4. The maximum atomic E-state index is 11.8. The van der Waals surface area contributed by atoms with Gasteiger partial charge in [0.25, 0.3) is 0 Å². The minimum Gasteiger partial charge on any atom is -0.480 e. The van der Waals surface area contributed by atoms with Crippen molar-refractivity contribution in [1.29, 1.82) is 0 Å². The fourth-order valence-electron chi connectivity index (χ4n) is 1.74. The van der Waals surface area contributed by atoms with Crippen molar-refractivity contribution in [3.63, 3.8) is 0 Å². The van der Waals surface area contributed by atoms with Crippen LogP contribution in [0.2, 0.25) is 0 Å². The van der Waals surface area contributed by atoms with Crippen molar-refractivity contribution in [3.8, 4) is 0 Å². The second-order valence-corrected chi connectivity index (χ2v) is 4.83. The normalized spacial score (nSPS) is 12.2. The molecule has 0 bridgehead atoms. The predicted octanol–water partition coefficient (Wildman–Crippen LogP) is 1.77. The summed E-state index contributed by atoms with van der Waals surface area (Å²) in [5.41, 5.74) is 1.71. The lowest BCUT2D eigenvalue weighted by atomic mass is 10.1. The maximum absolute atomic E-state index is 11.8. The number of rotatable bonds is 6. The third-order valence-electron chi connectivity index (χ3n) is 2.52. The van der Waals surface area contributed by atoms with Gasteiger partial charge in [-0.1, -0.05) is 26.0 Å². The third kappa shape index (κ3) is 5.52. The van der Waals surface area contributed by atoms with Gasteiger partial charge in [0.2, 0.25) is 5.91 Å². The van der Waals surface area contributed by atoms with Gasteiger partial charge in [-0.05, 0) is 24.6 Å². The Morgan fingerprint density at radius 3 is 2.53 bits per heavy atom. The summed E-state index contributed by atoms with van der Waals surface area (Å²) < 4.78 is 0. The molecule has 19 heavy (non-hydrogen) atoms. The number of aryl methyl sites for hydroxylation is 1. The van der Waals surface area contributed by atoms with Crippen LogP contribution in [0.1, 0.15) is 25.8 Å². The van der Waals surface area contributed by atoms with Crippen LogP contribution >= 0.6 is 0 Å². The molecular formula is C14H20N2O3. The first kappa shape index (κ1) is 15.2. The monoisotopic (exact) mass is 264 g/mol. The molecule has 1 rings (SSSR count). The number of aliphatic carboxylic acids is 1. The lowest BCUT2D eigenvalue weighted by molar-refractivity contribution is -0.141.